The summed E-state index contributed by atoms with van der Waals surface area (Å²) in [7, 11) is 1.37. The number of fused-ring (bicyclic) bond motifs is 1. The first-order valence-electron chi connectivity index (χ1n) is 8.78. The second-order valence-corrected chi connectivity index (χ2v) is 7.04. The number of hydrogen-bond acceptors (Lipinski definition) is 5. The summed E-state index contributed by atoms with van der Waals surface area (Å²) in [5.74, 6) is 0.414. The first-order chi connectivity index (χ1) is 13.1. The number of carbonyl (C=O) groups excluding carboxylic acids is 1. The molecule has 27 heavy (non-hydrogen) atoms. The molecule has 1 N–H and O–H groups in total. The van der Waals surface area contributed by atoms with Gasteiger partial charge in [-0.1, -0.05) is 11.6 Å². The Morgan fingerprint density at radius 1 is 1.37 bits per heavy atom. The summed E-state index contributed by atoms with van der Waals surface area (Å²) >= 11 is 6.42. The molecule has 4 rings (SSSR count). The molecule has 7 heteroatoms. The Hall–Kier alpha value is -2.57. The van der Waals surface area contributed by atoms with Crippen LogP contribution in [0, 0.1) is 0 Å². The number of benzene rings is 1. The molecule has 0 unspecified atom stereocenters. The Labute approximate surface area is 162 Å². The Kier molecular flexibility index (Phi) is 4.76. The highest BCUT2D eigenvalue weighted by molar-refractivity contribution is 6.31. The topological polar surface area (TPSA) is 67.4 Å². The van der Waals surface area contributed by atoms with Gasteiger partial charge in [0.2, 0.25) is 0 Å². The van der Waals surface area contributed by atoms with Crippen LogP contribution in [0.4, 0.5) is 5.82 Å². The largest absolute Gasteiger partial charge is 0.465 e. The number of nitrogens with one attached hydrogen (secondary N) is 1. The van der Waals surface area contributed by atoms with Crippen molar-refractivity contribution >= 4 is 34.3 Å². The fourth-order valence-corrected chi connectivity index (χ4v) is 3.65. The van der Waals surface area contributed by atoms with Crippen LogP contribution in [-0.2, 0) is 9.47 Å². The van der Waals surface area contributed by atoms with E-state index in [1.807, 2.05) is 24.4 Å². The molecule has 140 valence electrons. The second kappa shape index (κ2) is 7.21. The first-order valence-corrected chi connectivity index (χ1v) is 9.16. The van der Waals surface area contributed by atoms with Crippen LogP contribution >= 0.6 is 11.6 Å². The summed E-state index contributed by atoms with van der Waals surface area (Å²) in [5, 5.41) is 1.57. The fourth-order valence-electron chi connectivity index (χ4n) is 3.45. The van der Waals surface area contributed by atoms with Crippen LogP contribution in [0.2, 0.25) is 5.02 Å². The third-order valence-corrected chi connectivity index (χ3v) is 5.02. The van der Waals surface area contributed by atoms with Crippen molar-refractivity contribution in [2.75, 3.05) is 31.8 Å². The number of morpholine rings is 1. The molecule has 6 nitrogen and oxygen atoms in total. The predicted octanol–water partition coefficient (Wildman–Crippen LogP) is 3.90. The lowest BCUT2D eigenvalue weighted by Crippen LogP contribution is -2.44. The molecule has 1 atom stereocenters. The Morgan fingerprint density at radius 2 is 2.22 bits per heavy atom. The molecule has 1 fully saturated rings. The van der Waals surface area contributed by atoms with E-state index >= 15 is 0 Å². The Balaban J connectivity index is 1.86. The van der Waals surface area contributed by atoms with Crippen LogP contribution in [0.25, 0.3) is 22.2 Å². The average Bonchev–Trinajstić information content (AvgIpc) is 3.15. The van der Waals surface area contributed by atoms with E-state index in [4.69, 9.17) is 26.1 Å². The summed E-state index contributed by atoms with van der Waals surface area (Å²) in [5.41, 5.74) is 2.85. The van der Waals surface area contributed by atoms with E-state index in [1.165, 1.54) is 7.11 Å². The van der Waals surface area contributed by atoms with Gasteiger partial charge in [-0.2, -0.15) is 0 Å². The standard InChI is InChI=1S/C20H20ClN3O3/c1-12-11-27-6-5-24(12)19-10-14(21)9-18(23-19)16-7-13(20(25)26-2)8-17-15(16)3-4-22-17/h3-4,7-10,12,22H,5-6,11H2,1-2H3/t12-/m1/s1. The first kappa shape index (κ1) is 17.8. The van der Waals surface area contributed by atoms with Gasteiger partial charge in [-0.3, -0.25) is 0 Å². The molecule has 1 aliphatic heterocycles. The van der Waals surface area contributed by atoms with Crippen molar-refractivity contribution in [1.29, 1.82) is 0 Å². The highest BCUT2D eigenvalue weighted by atomic mass is 35.5. The van der Waals surface area contributed by atoms with Crippen LogP contribution < -0.4 is 4.90 Å². The third kappa shape index (κ3) is 3.38. The zero-order valence-corrected chi connectivity index (χ0v) is 15.9. The van der Waals surface area contributed by atoms with Crippen molar-refractivity contribution in [3.8, 4) is 11.3 Å². The van der Waals surface area contributed by atoms with Crippen molar-refractivity contribution < 1.29 is 14.3 Å². The highest BCUT2D eigenvalue weighted by Gasteiger charge is 2.22. The molecular formula is C20H20ClN3O3. The molecule has 1 aromatic carbocycles. The minimum atomic E-state index is -0.392. The number of methoxy groups -OCH3 is 1. The normalized spacial score (nSPS) is 17.3. The zero-order valence-electron chi connectivity index (χ0n) is 15.2. The summed E-state index contributed by atoms with van der Waals surface area (Å²) < 4.78 is 10.4. The molecule has 2 aromatic heterocycles. The third-order valence-electron chi connectivity index (χ3n) is 4.80. The van der Waals surface area contributed by atoms with Gasteiger partial charge in [0.1, 0.15) is 5.82 Å². The van der Waals surface area contributed by atoms with Crippen LogP contribution in [-0.4, -0.2) is 48.8 Å². The molecule has 3 aromatic rings. The van der Waals surface area contributed by atoms with E-state index < -0.39 is 5.97 Å². The number of hydrogen-bond donors (Lipinski definition) is 1. The number of esters is 1. The molecule has 0 radical (unpaired) electrons. The SMILES string of the molecule is COC(=O)c1cc(-c2cc(Cl)cc(N3CCOC[C@H]3C)n2)c2cc[nH]c2c1. The maximum Gasteiger partial charge on any atom is 0.337 e. The van der Waals surface area contributed by atoms with Gasteiger partial charge in [0, 0.05) is 34.2 Å². The molecule has 0 aliphatic carbocycles. The smallest absolute Gasteiger partial charge is 0.337 e. The van der Waals surface area contributed by atoms with Gasteiger partial charge in [-0.25, -0.2) is 9.78 Å². The maximum absolute atomic E-state index is 12.1. The number of rotatable bonds is 3. The minimum absolute atomic E-state index is 0.214. The maximum atomic E-state index is 12.1. The molecule has 0 bridgehead atoms. The number of halogens is 1. The Bertz CT molecular complexity index is 1000. The predicted molar refractivity (Wildman–Crippen MR) is 106 cm³/mol. The van der Waals surface area contributed by atoms with Crippen LogP contribution in [0.5, 0.6) is 0 Å². The lowest BCUT2D eigenvalue weighted by Gasteiger charge is -2.34. The zero-order chi connectivity index (χ0) is 19.0. The van der Waals surface area contributed by atoms with Crippen molar-refractivity contribution in [1.82, 2.24) is 9.97 Å². The summed E-state index contributed by atoms with van der Waals surface area (Å²) in [6.45, 7) is 4.18. The molecule has 1 aliphatic rings. The van der Waals surface area contributed by atoms with E-state index in [-0.39, 0.29) is 6.04 Å². The van der Waals surface area contributed by atoms with E-state index in [0.29, 0.717) is 29.5 Å². The van der Waals surface area contributed by atoms with E-state index in [2.05, 4.69) is 16.8 Å². The lowest BCUT2D eigenvalue weighted by molar-refractivity contribution is 0.0601. The quantitative estimate of drug-likeness (QED) is 0.692. The van der Waals surface area contributed by atoms with E-state index in [0.717, 1.165) is 28.8 Å². The number of carbonyl (C=O) groups is 1. The molecule has 1 saturated heterocycles. The van der Waals surface area contributed by atoms with E-state index in [1.54, 1.807) is 12.1 Å². The molecule has 3 heterocycles. The monoisotopic (exact) mass is 385 g/mol. The van der Waals surface area contributed by atoms with Gasteiger partial charge < -0.3 is 19.4 Å². The summed E-state index contributed by atoms with van der Waals surface area (Å²) in [4.78, 5) is 22.3. The van der Waals surface area contributed by atoms with Gasteiger partial charge in [-0.05, 0) is 37.3 Å². The van der Waals surface area contributed by atoms with Gasteiger partial charge in [-0.15, -0.1) is 0 Å². The van der Waals surface area contributed by atoms with Crippen LogP contribution in [0.3, 0.4) is 0 Å². The highest BCUT2D eigenvalue weighted by Crippen LogP contribution is 2.33. The van der Waals surface area contributed by atoms with E-state index in [9.17, 15) is 4.79 Å². The molecular weight excluding hydrogens is 366 g/mol. The number of ether oxygens (including phenoxy) is 2. The van der Waals surface area contributed by atoms with Crippen molar-refractivity contribution in [2.24, 2.45) is 0 Å². The van der Waals surface area contributed by atoms with Crippen molar-refractivity contribution in [3.05, 3.63) is 47.1 Å². The van der Waals surface area contributed by atoms with Gasteiger partial charge in [0.05, 0.1) is 37.6 Å². The fraction of sp³-hybridized carbons (Fsp3) is 0.300. The number of aromatic amines is 1. The van der Waals surface area contributed by atoms with Gasteiger partial charge >= 0.3 is 5.97 Å². The number of anilines is 1. The summed E-state index contributed by atoms with van der Waals surface area (Å²) in [6.07, 6.45) is 1.84. The van der Waals surface area contributed by atoms with Crippen LogP contribution in [0.1, 0.15) is 17.3 Å². The van der Waals surface area contributed by atoms with Gasteiger partial charge in [0.15, 0.2) is 0 Å². The molecule has 0 saturated carbocycles. The summed E-state index contributed by atoms with van der Waals surface area (Å²) in [6, 6.07) is 9.44. The Morgan fingerprint density at radius 3 is 3.00 bits per heavy atom. The second-order valence-electron chi connectivity index (χ2n) is 6.60. The molecule has 0 amide bonds. The number of H-pyrrole nitrogens is 1. The number of pyridine rings is 1. The molecule has 0 spiro atoms. The van der Waals surface area contributed by atoms with Crippen molar-refractivity contribution in [3.63, 3.8) is 0 Å². The minimum Gasteiger partial charge on any atom is -0.465 e. The number of nitrogens with zero attached hydrogens (tertiary/aromatic N) is 2. The number of aromatic nitrogens is 2. The van der Waals surface area contributed by atoms with Gasteiger partial charge in [0.25, 0.3) is 0 Å². The lowest BCUT2D eigenvalue weighted by atomic mass is 10.0. The van der Waals surface area contributed by atoms with Crippen LogP contribution in [0.15, 0.2) is 36.5 Å². The van der Waals surface area contributed by atoms with Crippen molar-refractivity contribution in [2.45, 2.75) is 13.0 Å². The average molecular weight is 386 g/mol.